The highest BCUT2D eigenvalue weighted by molar-refractivity contribution is 5.99. The molecule has 0 fully saturated rings. The third kappa shape index (κ3) is 5.63. The molecular weight excluding hydrogens is 420 g/mol. The molecule has 0 unspecified atom stereocenters. The van der Waals surface area contributed by atoms with E-state index in [2.05, 4.69) is 5.32 Å². The highest BCUT2D eigenvalue weighted by atomic mass is 16.5. The third-order valence-electron chi connectivity index (χ3n) is 5.31. The van der Waals surface area contributed by atoms with Gasteiger partial charge in [0.1, 0.15) is 23.9 Å². The van der Waals surface area contributed by atoms with Gasteiger partial charge in [0, 0.05) is 5.69 Å². The fraction of sp³-hybridized carbons (Fsp3) is 0.231. The highest BCUT2D eigenvalue weighted by Crippen LogP contribution is 2.34. The van der Waals surface area contributed by atoms with Crippen molar-refractivity contribution in [2.24, 2.45) is 0 Å². The van der Waals surface area contributed by atoms with E-state index in [-0.39, 0.29) is 24.8 Å². The zero-order valence-corrected chi connectivity index (χ0v) is 18.7. The summed E-state index contributed by atoms with van der Waals surface area (Å²) >= 11 is 0. The third-order valence-corrected chi connectivity index (χ3v) is 5.31. The molecule has 1 N–H and O–H groups in total. The van der Waals surface area contributed by atoms with Gasteiger partial charge in [0.05, 0.1) is 25.8 Å². The summed E-state index contributed by atoms with van der Waals surface area (Å²) < 4.78 is 16.5. The van der Waals surface area contributed by atoms with Gasteiger partial charge in [-0.3, -0.25) is 9.59 Å². The zero-order chi connectivity index (χ0) is 23.2. The van der Waals surface area contributed by atoms with E-state index in [0.717, 1.165) is 22.6 Å². The Balaban J connectivity index is 1.41. The largest absolute Gasteiger partial charge is 0.497 e. The Bertz CT molecular complexity index is 1130. The van der Waals surface area contributed by atoms with Crippen molar-refractivity contribution >= 4 is 23.2 Å². The number of benzene rings is 3. The molecule has 4 rings (SSSR count). The molecule has 0 aliphatic carbocycles. The quantitative estimate of drug-likeness (QED) is 0.566. The zero-order valence-electron chi connectivity index (χ0n) is 18.7. The maximum atomic E-state index is 12.5. The Hall–Kier alpha value is -4.00. The van der Waals surface area contributed by atoms with E-state index in [1.807, 2.05) is 55.5 Å². The molecule has 170 valence electrons. The predicted molar refractivity (Wildman–Crippen MR) is 126 cm³/mol. The van der Waals surface area contributed by atoms with E-state index < -0.39 is 0 Å². The van der Waals surface area contributed by atoms with Gasteiger partial charge in [0.25, 0.3) is 5.91 Å². The van der Waals surface area contributed by atoms with Gasteiger partial charge in [-0.15, -0.1) is 0 Å². The monoisotopic (exact) mass is 446 g/mol. The summed E-state index contributed by atoms with van der Waals surface area (Å²) in [4.78, 5) is 26.7. The molecule has 7 nitrogen and oxygen atoms in total. The lowest BCUT2D eigenvalue weighted by atomic mass is 10.1. The fourth-order valence-corrected chi connectivity index (χ4v) is 3.55. The number of carbonyl (C=O) groups excluding carboxylic acids is 2. The number of methoxy groups -OCH3 is 1. The molecule has 1 aliphatic rings. The lowest BCUT2D eigenvalue weighted by Crippen LogP contribution is -2.41. The highest BCUT2D eigenvalue weighted by Gasteiger charge is 2.26. The van der Waals surface area contributed by atoms with E-state index >= 15 is 0 Å². The van der Waals surface area contributed by atoms with Crippen LogP contribution in [0.1, 0.15) is 11.1 Å². The molecule has 0 spiro atoms. The summed E-state index contributed by atoms with van der Waals surface area (Å²) in [6.45, 7) is 2.69. The van der Waals surface area contributed by atoms with Crippen LogP contribution in [0, 0.1) is 6.92 Å². The SMILES string of the molecule is COc1ccc(CC(=O)Nc2ccc3c(c2)N(CCOc2ccc(C)cc2)C(=O)CO3)cc1. The molecule has 0 bridgehead atoms. The van der Waals surface area contributed by atoms with E-state index in [9.17, 15) is 9.59 Å². The molecule has 3 aromatic rings. The molecule has 3 aromatic carbocycles. The molecule has 2 amide bonds. The number of aryl methyl sites for hydroxylation is 1. The van der Waals surface area contributed by atoms with Crippen molar-refractivity contribution in [3.63, 3.8) is 0 Å². The first-order valence-corrected chi connectivity index (χ1v) is 10.7. The number of fused-ring (bicyclic) bond motifs is 1. The average Bonchev–Trinajstić information content (AvgIpc) is 2.82. The number of nitrogens with one attached hydrogen (secondary N) is 1. The second kappa shape index (κ2) is 10.1. The molecule has 1 heterocycles. The number of nitrogens with zero attached hydrogens (tertiary/aromatic N) is 1. The Kier molecular flexibility index (Phi) is 6.78. The smallest absolute Gasteiger partial charge is 0.265 e. The molecule has 1 aliphatic heterocycles. The van der Waals surface area contributed by atoms with Crippen molar-refractivity contribution in [2.75, 3.05) is 37.1 Å². The summed E-state index contributed by atoms with van der Waals surface area (Å²) in [5.41, 5.74) is 3.23. The second-order valence-corrected chi connectivity index (χ2v) is 7.75. The molecule has 0 radical (unpaired) electrons. The van der Waals surface area contributed by atoms with Gasteiger partial charge in [-0.05, 0) is 55.0 Å². The molecule has 0 atom stereocenters. The standard InChI is InChI=1S/C26H26N2O5/c1-18-3-8-22(9-4-18)32-14-13-28-23-16-20(7-12-24(23)33-17-26(28)30)27-25(29)15-19-5-10-21(31-2)11-6-19/h3-12,16H,13-15,17H2,1-2H3,(H,27,29). The molecular formula is C26H26N2O5. The Morgan fingerprint density at radius 2 is 1.76 bits per heavy atom. The van der Waals surface area contributed by atoms with Crippen molar-refractivity contribution in [1.82, 2.24) is 0 Å². The summed E-state index contributed by atoms with van der Waals surface area (Å²) in [5.74, 6) is 1.78. The number of rotatable bonds is 8. The van der Waals surface area contributed by atoms with Crippen LogP contribution in [-0.2, 0) is 16.0 Å². The van der Waals surface area contributed by atoms with Crippen LogP contribution >= 0.6 is 0 Å². The number of ether oxygens (including phenoxy) is 3. The lowest BCUT2D eigenvalue weighted by molar-refractivity contribution is -0.121. The first kappa shape index (κ1) is 22.2. The van der Waals surface area contributed by atoms with Crippen molar-refractivity contribution in [1.29, 1.82) is 0 Å². The minimum Gasteiger partial charge on any atom is -0.497 e. The van der Waals surface area contributed by atoms with Crippen LogP contribution in [-0.4, -0.2) is 38.7 Å². The van der Waals surface area contributed by atoms with Crippen LogP contribution in [0.4, 0.5) is 11.4 Å². The summed E-state index contributed by atoms with van der Waals surface area (Å²) in [6.07, 6.45) is 0.227. The van der Waals surface area contributed by atoms with E-state index in [1.165, 1.54) is 0 Å². The molecule has 33 heavy (non-hydrogen) atoms. The summed E-state index contributed by atoms with van der Waals surface area (Å²) in [7, 11) is 1.60. The Morgan fingerprint density at radius 3 is 2.48 bits per heavy atom. The summed E-state index contributed by atoms with van der Waals surface area (Å²) in [5, 5.41) is 2.90. The van der Waals surface area contributed by atoms with Gasteiger partial charge in [-0.2, -0.15) is 0 Å². The van der Waals surface area contributed by atoms with Gasteiger partial charge in [-0.1, -0.05) is 29.8 Å². The predicted octanol–water partition coefficient (Wildman–Crippen LogP) is 3.99. The number of hydrogen-bond acceptors (Lipinski definition) is 5. The number of carbonyl (C=O) groups is 2. The van der Waals surface area contributed by atoms with E-state index in [0.29, 0.717) is 30.3 Å². The first-order valence-electron chi connectivity index (χ1n) is 10.7. The lowest BCUT2D eigenvalue weighted by Gasteiger charge is -2.29. The number of amides is 2. The van der Waals surface area contributed by atoms with Crippen LogP contribution in [0.2, 0.25) is 0 Å². The van der Waals surface area contributed by atoms with Gasteiger partial charge >= 0.3 is 0 Å². The first-order chi connectivity index (χ1) is 16.0. The minimum atomic E-state index is -0.156. The number of hydrogen-bond donors (Lipinski definition) is 1. The van der Waals surface area contributed by atoms with Crippen LogP contribution in [0.3, 0.4) is 0 Å². The van der Waals surface area contributed by atoms with Gasteiger partial charge in [0.2, 0.25) is 5.91 Å². The van der Waals surface area contributed by atoms with Crippen molar-refractivity contribution in [2.45, 2.75) is 13.3 Å². The van der Waals surface area contributed by atoms with Crippen molar-refractivity contribution < 1.29 is 23.8 Å². The molecule has 0 aromatic heterocycles. The topological polar surface area (TPSA) is 77.1 Å². The van der Waals surface area contributed by atoms with Gasteiger partial charge < -0.3 is 24.4 Å². The van der Waals surface area contributed by atoms with Gasteiger partial charge in [-0.25, -0.2) is 0 Å². The molecule has 0 saturated carbocycles. The Labute approximate surface area is 192 Å². The maximum Gasteiger partial charge on any atom is 0.265 e. The normalized spacial score (nSPS) is 12.5. The van der Waals surface area contributed by atoms with Crippen LogP contribution in [0.5, 0.6) is 17.2 Å². The summed E-state index contributed by atoms with van der Waals surface area (Å²) in [6, 6.07) is 20.4. The van der Waals surface area contributed by atoms with Gasteiger partial charge in [0.15, 0.2) is 6.61 Å². The Morgan fingerprint density at radius 1 is 1.03 bits per heavy atom. The molecule has 7 heteroatoms. The molecule has 0 saturated heterocycles. The average molecular weight is 447 g/mol. The van der Waals surface area contributed by atoms with Crippen molar-refractivity contribution in [3.05, 3.63) is 77.9 Å². The van der Waals surface area contributed by atoms with Crippen molar-refractivity contribution in [3.8, 4) is 17.2 Å². The maximum absolute atomic E-state index is 12.5. The van der Waals surface area contributed by atoms with E-state index in [1.54, 1.807) is 30.2 Å². The number of anilines is 2. The minimum absolute atomic E-state index is 0.0271. The van der Waals surface area contributed by atoms with Crippen LogP contribution in [0.25, 0.3) is 0 Å². The van der Waals surface area contributed by atoms with Crippen LogP contribution < -0.4 is 24.4 Å². The fourth-order valence-electron chi connectivity index (χ4n) is 3.55. The van der Waals surface area contributed by atoms with E-state index in [4.69, 9.17) is 14.2 Å². The van der Waals surface area contributed by atoms with Crippen LogP contribution in [0.15, 0.2) is 66.7 Å². The second-order valence-electron chi connectivity index (χ2n) is 7.75.